The third-order valence-corrected chi connectivity index (χ3v) is 4.03. The van der Waals surface area contributed by atoms with Crippen LogP contribution in [0.1, 0.15) is 33.1 Å². The largest absolute Gasteiger partial charge is 0.468 e. The molecule has 0 bridgehead atoms. The number of rotatable bonds is 4. The van der Waals surface area contributed by atoms with E-state index in [2.05, 4.69) is 4.74 Å². The summed E-state index contributed by atoms with van der Waals surface area (Å²) in [6, 6.07) is 0.0542. The molecule has 17 heavy (non-hydrogen) atoms. The van der Waals surface area contributed by atoms with Crippen molar-refractivity contribution >= 4 is 11.9 Å². The fourth-order valence-electron chi connectivity index (χ4n) is 2.87. The lowest BCUT2D eigenvalue weighted by Crippen LogP contribution is -2.44. The van der Waals surface area contributed by atoms with Gasteiger partial charge in [0.25, 0.3) is 0 Å². The van der Waals surface area contributed by atoms with Crippen LogP contribution in [0.25, 0.3) is 0 Å². The van der Waals surface area contributed by atoms with Crippen LogP contribution >= 0.6 is 0 Å². The molecule has 0 aromatic carbocycles. The molecule has 2 fully saturated rings. The number of nitrogens with zero attached hydrogens (tertiary/aromatic N) is 1. The molecule has 2 unspecified atom stereocenters. The van der Waals surface area contributed by atoms with Gasteiger partial charge in [0, 0.05) is 12.0 Å². The predicted molar refractivity (Wildman–Crippen MR) is 63.2 cm³/mol. The molecule has 0 heterocycles. The molecule has 4 nitrogen and oxygen atoms in total. The highest BCUT2D eigenvalue weighted by atomic mass is 16.5. The first kappa shape index (κ1) is 12.4. The Bertz CT molecular complexity index is 317. The van der Waals surface area contributed by atoms with E-state index in [1.807, 2.05) is 13.8 Å². The summed E-state index contributed by atoms with van der Waals surface area (Å²) in [6.07, 6.45) is 3.35. The number of carbonyl (C=O) groups is 2. The summed E-state index contributed by atoms with van der Waals surface area (Å²) in [5.74, 6) is 1.52. The highest BCUT2D eigenvalue weighted by molar-refractivity contribution is 5.84. The molecule has 0 saturated heterocycles. The molecule has 2 aliphatic carbocycles. The molecule has 96 valence electrons. The van der Waals surface area contributed by atoms with Crippen molar-refractivity contribution in [3.63, 3.8) is 0 Å². The number of hydrogen-bond donors (Lipinski definition) is 0. The van der Waals surface area contributed by atoms with Crippen molar-refractivity contribution in [2.45, 2.75) is 39.2 Å². The van der Waals surface area contributed by atoms with E-state index in [-0.39, 0.29) is 30.4 Å². The molecule has 0 aromatic heterocycles. The van der Waals surface area contributed by atoms with E-state index >= 15 is 0 Å². The second-order valence-corrected chi connectivity index (χ2v) is 5.56. The average Bonchev–Trinajstić information content (AvgIpc) is 2.91. The summed E-state index contributed by atoms with van der Waals surface area (Å²) in [5.41, 5.74) is 0. The summed E-state index contributed by atoms with van der Waals surface area (Å²) in [6.45, 7) is 3.96. The van der Waals surface area contributed by atoms with E-state index in [1.165, 1.54) is 13.5 Å². The number of ether oxygens (including phenoxy) is 1. The van der Waals surface area contributed by atoms with Gasteiger partial charge in [-0.25, -0.2) is 0 Å². The molecule has 0 N–H and O–H groups in total. The Morgan fingerprint density at radius 2 is 1.82 bits per heavy atom. The van der Waals surface area contributed by atoms with Crippen LogP contribution in [0.15, 0.2) is 0 Å². The maximum absolute atomic E-state index is 12.3. The summed E-state index contributed by atoms with van der Waals surface area (Å²) < 4.78 is 4.64. The number of methoxy groups -OCH3 is 1. The first-order valence-electron chi connectivity index (χ1n) is 6.40. The van der Waals surface area contributed by atoms with Crippen LogP contribution in [0.5, 0.6) is 0 Å². The summed E-state index contributed by atoms with van der Waals surface area (Å²) in [5, 5.41) is 0. The van der Waals surface area contributed by atoms with Gasteiger partial charge in [0.15, 0.2) is 0 Å². The van der Waals surface area contributed by atoms with Gasteiger partial charge in [0.05, 0.1) is 7.11 Å². The Balaban J connectivity index is 1.95. The molecular formula is C13H21NO3. The molecular weight excluding hydrogens is 218 g/mol. The Hall–Kier alpha value is -1.06. The van der Waals surface area contributed by atoms with Gasteiger partial charge < -0.3 is 9.64 Å². The van der Waals surface area contributed by atoms with Gasteiger partial charge >= 0.3 is 5.97 Å². The number of amides is 1. The van der Waals surface area contributed by atoms with Crippen LogP contribution in [-0.4, -0.2) is 36.5 Å². The zero-order valence-corrected chi connectivity index (χ0v) is 10.8. The van der Waals surface area contributed by atoms with Crippen LogP contribution in [0.2, 0.25) is 0 Å². The number of fused-ring (bicyclic) bond motifs is 1. The van der Waals surface area contributed by atoms with Gasteiger partial charge in [-0.2, -0.15) is 0 Å². The highest BCUT2D eigenvalue weighted by Crippen LogP contribution is 2.54. The summed E-state index contributed by atoms with van der Waals surface area (Å²) in [4.78, 5) is 25.3. The van der Waals surface area contributed by atoms with Gasteiger partial charge in [-0.1, -0.05) is 0 Å². The molecule has 0 aromatic rings. The van der Waals surface area contributed by atoms with Crippen molar-refractivity contribution < 1.29 is 14.3 Å². The first-order valence-corrected chi connectivity index (χ1v) is 6.40. The predicted octanol–water partition coefficient (Wildman–Crippen LogP) is 1.44. The minimum absolute atomic E-state index is 0.0542. The normalized spacial score (nSPS) is 30.0. The summed E-state index contributed by atoms with van der Waals surface area (Å²) in [7, 11) is 1.36. The van der Waals surface area contributed by atoms with Crippen LogP contribution < -0.4 is 0 Å². The molecule has 2 atom stereocenters. The fraction of sp³-hybridized carbons (Fsp3) is 0.846. The maximum atomic E-state index is 12.3. The van der Waals surface area contributed by atoms with Crippen LogP contribution in [0, 0.1) is 17.8 Å². The van der Waals surface area contributed by atoms with E-state index in [0.29, 0.717) is 0 Å². The van der Waals surface area contributed by atoms with E-state index in [4.69, 9.17) is 0 Å². The van der Waals surface area contributed by atoms with Crippen molar-refractivity contribution in [2.75, 3.05) is 13.7 Å². The third-order valence-electron chi connectivity index (χ3n) is 4.03. The molecule has 2 rings (SSSR count). The lowest BCUT2D eigenvalue weighted by molar-refractivity contribution is -0.150. The number of carbonyl (C=O) groups excluding carboxylic acids is 2. The SMILES string of the molecule is COC(=O)CN(C(=O)C1CC2CC2C1)C(C)C. The molecule has 2 aliphatic rings. The Morgan fingerprint density at radius 3 is 2.29 bits per heavy atom. The van der Waals surface area contributed by atoms with Crippen LogP contribution in [0.3, 0.4) is 0 Å². The minimum Gasteiger partial charge on any atom is -0.468 e. The molecule has 0 spiro atoms. The quantitative estimate of drug-likeness (QED) is 0.697. The maximum Gasteiger partial charge on any atom is 0.325 e. The topological polar surface area (TPSA) is 46.6 Å². The van der Waals surface area contributed by atoms with E-state index in [9.17, 15) is 9.59 Å². The highest BCUT2D eigenvalue weighted by Gasteiger charge is 2.49. The van der Waals surface area contributed by atoms with Gasteiger partial charge in [-0.3, -0.25) is 9.59 Å². The Morgan fingerprint density at radius 1 is 1.24 bits per heavy atom. The first-order chi connectivity index (χ1) is 8.02. The van der Waals surface area contributed by atoms with Crippen molar-refractivity contribution in [3.8, 4) is 0 Å². The van der Waals surface area contributed by atoms with Gasteiger partial charge in [0.2, 0.25) is 5.91 Å². The molecule has 4 heteroatoms. The molecule has 2 saturated carbocycles. The van der Waals surface area contributed by atoms with Crippen molar-refractivity contribution in [1.29, 1.82) is 0 Å². The van der Waals surface area contributed by atoms with Crippen molar-refractivity contribution in [2.24, 2.45) is 17.8 Å². The molecule has 0 radical (unpaired) electrons. The van der Waals surface area contributed by atoms with E-state index < -0.39 is 0 Å². The third kappa shape index (κ3) is 2.61. The number of esters is 1. The van der Waals surface area contributed by atoms with Crippen LogP contribution in [0.4, 0.5) is 0 Å². The zero-order chi connectivity index (χ0) is 12.6. The van der Waals surface area contributed by atoms with Gasteiger partial charge in [-0.05, 0) is 44.9 Å². The zero-order valence-electron chi connectivity index (χ0n) is 10.8. The van der Waals surface area contributed by atoms with Gasteiger partial charge in [0.1, 0.15) is 6.54 Å². The van der Waals surface area contributed by atoms with Crippen LogP contribution in [-0.2, 0) is 14.3 Å². The fourth-order valence-corrected chi connectivity index (χ4v) is 2.87. The lowest BCUT2D eigenvalue weighted by Gasteiger charge is -2.28. The van der Waals surface area contributed by atoms with Crippen molar-refractivity contribution in [1.82, 2.24) is 4.90 Å². The van der Waals surface area contributed by atoms with Crippen molar-refractivity contribution in [3.05, 3.63) is 0 Å². The lowest BCUT2D eigenvalue weighted by atomic mass is 10.0. The second kappa shape index (κ2) is 4.67. The average molecular weight is 239 g/mol. The molecule has 0 aliphatic heterocycles. The van der Waals surface area contributed by atoms with E-state index in [0.717, 1.165) is 24.7 Å². The van der Waals surface area contributed by atoms with Gasteiger partial charge in [-0.15, -0.1) is 0 Å². The Labute approximate surface area is 102 Å². The minimum atomic E-state index is -0.338. The summed E-state index contributed by atoms with van der Waals surface area (Å²) >= 11 is 0. The van der Waals surface area contributed by atoms with E-state index in [1.54, 1.807) is 4.90 Å². The number of hydrogen-bond acceptors (Lipinski definition) is 3. The second-order valence-electron chi connectivity index (χ2n) is 5.56. The smallest absolute Gasteiger partial charge is 0.325 e. The Kier molecular flexibility index (Phi) is 3.40. The monoisotopic (exact) mass is 239 g/mol. The molecule has 1 amide bonds. The standard InChI is InChI=1S/C13H21NO3/c1-8(2)14(7-12(15)17-3)13(16)11-5-9-4-10(9)6-11/h8-11H,4-7H2,1-3H3.